The van der Waals surface area contributed by atoms with Gasteiger partial charge in [-0.25, -0.2) is 0 Å². The van der Waals surface area contributed by atoms with Gasteiger partial charge in [-0.1, -0.05) is 263 Å². The van der Waals surface area contributed by atoms with Crippen molar-refractivity contribution < 1.29 is 0 Å². The lowest BCUT2D eigenvalue weighted by Gasteiger charge is -2.22. The fraction of sp³-hybridized carbons (Fsp3) is 0.927. The van der Waals surface area contributed by atoms with Crippen molar-refractivity contribution in [1.82, 2.24) is 4.90 Å². The van der Waals surface area contributed by atoms with Crippen LogP contribution in [0.1, 0.15) is 310 Å². The summed E-state index contributed by atoms with van der Waals surface area (Å²) in [6.07, 6.45) is 74.1. The first-order valence-corrected chi connectivity index (χ1v) is 26.9. The average Bonchev–Trinajstić information content (AvgIpc) is 3.21. The van der Waals surface area contributed by atoms with Crippen LogP contribution in [0.2, 0.25) is 0 Å². The minimum Gasteiger partial charge on any atom is -0.303 e. The van der Waals surface area contributed by atoms with E-state index in [0.717, 1.165) is 0 Å². The average molecular weight is 821 g/mol. The second-order valence-corrected chi connectivity index (χ2v) is 18.4. The maximum absolute atomic E-state index is 2.87. The summed E-state index contributed by atoms with van der Waals surface area (Å²) in [6, 6.07) is 0. The molecule has 0 rings (SSSR count). The van der Waals surface area contributed by atoms with Crippen LogP contribution < -0.4 is 0 Å². The van der Waals surface area contributed by atoms with Crippen molar-refractivity contribution in [2.45, 2.75) is 310 Å². The molecular formula is C55H110ClN. The van der Waals surface area contributed by atoms with Gasteiger partial charge >= 0.3 is 0 Å². The third kappa shape index (κ3) is 53.7. The third-order valence-electron chi connectivity index (χ3n) is 12.6. The van der Waals surface area contributed by atoms with Crippen LogP contribution in [0.5, 0.6) is 0 Å². The number of nitrogens with zero attached hydrogens (tertiary/aromatic N) is 1. The Morgan fingerprint density at radius 3 is 0.561 bits per heavy atom. The molecule has 0 unspecified atom stereocenters. The fourth-order valence-electron chi connectivity index (χ4n) is 8.56. The summed E-state index contributed by atoms with van der Waals surface area (Å²) in [5, 5.41) is 0. The summed E-state index contributed by atoms with van der Waals surface area (Å²) in [4.78, 5) is 2.87. The molecule has 0 bridgehead atoms. The zero-order chi connectivity index (χ0) is 40.3. The van der Waals surface area contributed by atoms with Crippen LogP contribution in [0.4, 0.5) is 0 Å². The minimum atomic E-state index is 0. The van der Waals surface area contributed by atoms with Gasteiger partial charge in [-0.15, -0.1) is 12.4 Å². The van der Waals surface area contributed by atoms with Gasteiger partial charge in [-0.2, -0.15) is 0 Å². The summed E-state index contributed by atoms with van der Waals surface area (Å²) < 4.78 is 0. The molecule has 0 N–H and O–H groups in total. The van der Waals surface area contributed by atoms with Gasteiger partial charge in [0.25, 0.3) is 0 Å². The molecule has 0 aromatic heterocycles. The van der Waals surface area contributed by atoms with Gasteiger partial charge < -0.3 is 4.90 Å². The highest BCUT2D eigenvalue weighted by atomic mass is 35.5. The number of hydrogen-bond donors (Lipinski definition) is 0. The molecule has 0 atom stereocenters. The highest BCUT2D eigenvalue weighted by molar-refractivity contribution is 5.85. The second kappa shape index (κ2) is 55.7. The van der Waals surface area contributed by atoms with Crippen LogP contribution in [0.25, 0.3) is 0 Å². The van der Waals surface area contributed by atoms with Gasteiger partial charge in [0.2, 0.25) is 0 Å². The molecular weight excluding hydrogens is 710 g/mol. The number of unbranched alkanes of at least 4 members (excludes halogenated alkanes) is 40. The van der Waals surface area contributed by atoms with E-state index in [1.165, 1.54) is 309 Å². The summed E-state index contributed by atoms with van der Waals surface area (Å²) >= 11 is 0. The largest absolute Gasteiger partial charge is 0.303 e. The summed E-state index contributed by atoms with van der Waals surface area (Å²) in [5.74, 6) is 0. The van der Waals surface area contributed by atoms with E-state index in [0.29, 0.717) is 0 Å². The molecule has 0 aliphatic rings. The van der Waals surface area contributed by atoms with Crippen molar-refractivity contribution in [1.29, 1.82) is 0 Å². The van der Waals surface area contributed by atoms with E-state index in [1.54, 1.807) is 0 Å². The first kappa shape index (κ1) is 58.8. The lowest BCUT2D eigenvalue weighted by atomic mass is 10.0. The molecule has 0 aliphatic heterocycles. The fourth-order valence-corrected chi connectivity index (χ4v) is 8.56. The van der Waals surface area contributed by atoms with Crippen LogP contribution in [-0.2, 0) is 0 Å². The minimum absolute atomic E-state index is 0. The molecule has 2 heteroatoms. The Morgan fingerprint density at radius 1 is 0.211 bits per heavy atom. The Labute approximate surface area is 369 Å². The first-order valence-electron chi connectivity index (χ1n) is 26.9. The lowest BCUT2D eigenvalue weighted by Crippen LogP contribution is -2.27. The molecule has 1 nitrogen and oxygen atoms in total. The summed E-state index contributed by atoms with van der Waals surface area (Å²) in [6.45, 7) is 11.0. The van der Waals surface area contributed by atoms with Crippen LogP contribution in [-0.4, -0.2) is 24.5 Å². The molecule has 0 aromatic carbocycles. The van der Waals surface area contributed by atoms with Crippen molar-refractivity contribution in [3.05, 3.63) is 24.3 Å². The van der Waals surface area contributed by atoms with Crippen molar-refractivity contribution in [2.24, 2.45) is 0 Å². The summed E-state index contributed by atoms with van der Waals surface area (Å²) in [5.41, 5.74) is 0. The summed E-state index contributed by atoms with van der Waals surface area (Å²) in [7, 11) is 0. The Morgan fingerprint density at radius 2 is 0.368 bits per heavy atom. The van der Waals surface area contributed by atoms with Crippen LogP contribution in [0.3, 0.4) is 0 Å². The topological polar surface area (TPSA) is 3.24 Å². The first-order chi connectivity index (χ1) is 27.8. The SMILES string of the molecule is CCCCCCCCC=CCCCCCCCCN(CCCCCCCCC=CCCCCCCCC)CCCCCCCCCCCCCCCCCCC.Cl. The van der Waals surface area contributed by atoms with Crippen LogP contribution in [0.15, 0.2) is 24.3 Å². The zero-order valence-electron chi connectivity index (χ0n) is 40.1. The van der Waals surface area contributed by atoms with Gasteiger partial charge in [0.15, 0.2) is 0 Å². The molecule has 0 amide bonds. The molecule has 0 spiro atoms. The van der Waals surface area contributed by atoms with Gasteiger partial charge in [0.05, 0.1) is 0 Å². The highest BCUT2D eigenvalue weighted by Crippen LogP contribution is 2.16. The molecule has 0 saturated carbocycles. The smallest absolute Gasteiger partial charge is 0.00187 e. The van der Waals surface area contributed by atoms with Crippen molar-refractivity contribution in [3.8, 4) is 0 Å². The van der Waals surface area contributed by atoms with Crippen LogP contribution >= 0.6 is 12.4 Å². The maximum Gasteiger partial charge on any atom is -0.00187 e. The Bertz CT molecular complexity index is 688. The standard InChI is InChI=1S/C55H109N.ClH/c1-4-7-10-13-16-19-22-25-28-31-34-37-40-43-46-49-52-55-56(53-50-47-44-41-38-35-32-29-26-23-20-17-14-11-8-5-2)54-51-48-45-42-39-36-33-30-27-24-21-18-15-12-9-6-3;/h26-27,29-30H,4-25,28,31-55H2,1-3H3;1H. The molecule has 0 radical (unpaired) electrons. The zero-order valence-corrected chi connectivity index (χ0v) is 40.9. The Hall–Kier alpha value is -0.270. The van der Waals surface area contributed by atoms with E-state index in [9.17, 15) is 0 Å². The van der Waals surface area contributed by atoms with Gasteiger partial charge in [-0.3, -0.25) is 0 Å². The quantitative estimate of drug-likeness (QED) is 0.0436. The van der Waals surface area contributed by atoms with E-state index in [4.69, 9.17) is 0 Å². The van der Waals surface area contributed by atoms with E-state index >= 15 is 0 Å². The van der Waals surface area contributed by atoms with Crippen molar-refractivity contribution in [2.75, 3.05) is 19.6 Å². The Balaban J connectivity index is 0. The molecule has 57 heavy (non-hydrogen) atoms. The predicted octanol–water partition coefficient (Wildman–Crippen LogP) is 20.4. The van der Waals surface area contributed by atoms with E-state index in [2.05, 4.69) is 50.0 Å². The molecule has 0 aromatic rings. The number of halogens is 1. The number of allylic oxidation sites excluding steroid dienone is 4. The number of hydrogen-bond acceptors (Lipinski definition) is 1. The molecule has 342 valence electrons. The predicted molar refractivity (Wildman–Crippen MR) is 267 cm³/mol. The maximum atomic E-state index is 2.87. The van der Waals surface area contributed by atoms with E-state index < -0.39 is 0 Å². The van der Waals surface area contributed by atoms with Crippen molar-refractivity contribution in [3.63, 3.8) is 0 Å². The monoisotopic (exact) mass is 820 g/mol. The molecule has 0 heterocycles. The number of rotatable bonds is 50. The molecule has 0 aliphatic carbocycles. The normalized spacial score (nSPS) is 11.9. The van der Waals surface area contributed by atoms with E-state index in [-0.39, 0.29) is 12.4 Å². The van der Waals surface area contributed by atoms with Gasteiger partial charge in [-0.05, 0) is 90.3 Å². The van der Waals surface area contributed by atoms with Crippen molar-refractivity contribution >= 4 is 12.4 Å². The van der Waals surface area contributed by atoms with Crippen LogP contribution in [0, 0.1) is 0 Å². The van der Waals surface area contributed by atoms with Gasteiger partial charge in [0.1, 0.15) is 0 Å². The van der Waals surface area contributed by atoms with Gasteiger partial charge in [0, 0.05) is 0 Å². The highest BCUT2D eigenvalue weighted by Gasteiger charge is 2.05. The molecule has 0 fully saturated rings. The lowest BCUT2D eigenvalue weighted by molar-refractivity contribution is 0.254. The molecule has 0 saturated heterocycles. The Kier molecular flexibility index (Phi) is 57.5. The van der Waals surface area contributed by atoms with E-state index in [1.807, 2.05) is 0 Å². The third-order valence-corrected chi connectivity index (χ3v) is 12.6. The second-order valence-electron chi connectivity index (χ2n) is 18.4.